The van der Waals surface area contributed by atoms with Gasteiger partial charge in [-0.2, -0.15) is 15.3 Å². The number of aryl methyl sites for hydroxylation is 1. The van der Waals surface area contributed by atoms with E-state index in [2.05, 4.69) is 15.5 Å². The number of nitrogens with one attached hydrogen (secondary N) is 1. The Morgan fingerprint density at radius 3 is 2.52 bits per heavy atom. The van der Waals surface area contributed by atoms with E-state index in [0.717, 1.165) is 16.7 Å². The van der Waals surface area contributed by atoms with Crippen molar-refractivity contribution in [2.75, 3.05) is 12.0 Å². The molecule has 0 amide bonds. The topological polar surface area (TPSA) is 114 Å². The monoisotopic (exact) mass is 440 g/mol. The number of furan rings is 1. The molecule has 1 N–H and O–H groups in total. The Balaban J connectivity index is 1.44. The lowest BCUT2D eigenvalue weighted by molar-refractivity contribution is 0.0526. The molecule has 0 atom stereocenters. The van der Waals surface area contributed by atoms with Crippen LogP contribution in [0, 0.1) is 18.3 Å². The van der Waals surface area contributed by atoms with Crippen LogP contribution in [0.5, 0.6) is 0 Å². The molecule has 0 fully saturated rings. The van der Waals surface area contributed by atoms with E-state index in [1.165, 1.54) is 6.21 Å². The minimum atomic E-state index is -0.364. The molecule has 4 aromatic rings. The van der Waals surface area contributed by atoms with Gasteiger partial charge in [0.1, 0.15) is 17.6 Å². The SMILES string of the molecule is CCOC(=O)c1ccc(-c2ccc(/C=N/Nc3oc(-c4ccc(C)cc4)nc3C#N)o2)cc1. The maximum atomic E-state index is 11.8. The molecule has 8 nitrogen and oxygen atoms in total. The molecule has 0 saturated heterocycles. The first-order valence-corrected chi connectivity index (χ1v) is 10.2. The summed E-state index contributed by atoms with van der Waals surface area (Å²) in [6.45, 7) is 4.08. The number of aromatic nitrogens is 1. The first-order chi connectivity index (χ1) is 16.1. The number of benzene rings is 2. The number of hydrogen-bond acceptors (Lipinski definition) is 8. The molecule has 2 aromatic heterocycles. The molecule has 0 spiro atoms. The molecule has 164 valence electrons. The van der Waals surface area contributed by atoms with E-state index in [0.29, 0.717) is 29.6 Å². The smallest absolute Gasteiger partial charge is 0.338 e. The lowest BCUT2D eigenvalue weighted by atomic mass is 10.1. The Bertz CT molecular complexity index is 1330. The van der Waals surface area contributed by atoms with Crippen molar-refractivity contribution < 1.29 is 18.4 Å². The number of carbonyl (C=O) groups excluding carboxylic acids is 1. The Morgan fingerprint density at radius 2 is 1.82 bits per heavy atom. The van der Waals surface area contributed by atoms with Crippen molar-refractivity contribution >= 4 is 18.1 Å². The van der Waals surface area contributed by atoms with Gasteiger partial charge in [-0.1, -0.05) is 29.8 Å². The Labute approximate surface area is 190 Å². The summed E-state index contributed by atoms with van der Waals surface area (Å²) in [6.07, 6.45) is 1.46. The van der Waals surface area contributed by atoms with Crippen molar-refractivity contribution in [3.8, 4) is 28.8 Å². The molecule has 0 saturated carbocycles. The van der Waals surface area contributed by atoms with E-state index in [9.17, 15) is 10.1 Å². The maximum Gasteiger partial charge on any atom is 0.338 e. The summed E-state index contributed by atoms with van der Waals surface area (Å²) in [7, 11) is 0. The van der Waals surface area contributed by atoms with Crippen LogP contribution in [0.4, 0.5) is 5.88 Å². The predicted octanol–water partition coefficient (Wildman–Crippen LogP) is 5.40. The normalized spacial score (nSPS) is 10.8. The van der Waals surface area contributed by atoms with Crippen LogP contribution in [0.15, 0.2) is 74.6 Å². The Kier molecular flexibility index (Phi) is 6.32. The van der Waals surface area contributed by atoms with E-state index < -0.39 is 0 Å². The summed E-state index contributed by atoms with van der Waals surface area (Å²) in [4.78, 5) is 16.0. The Hall–Kier alpha value is -4.64. The number of nitriles is 1. The summed E-state index contributed by atoms with van der Waals surface area (Å²) in [6, 6.07) is 20.1. The molecular weight excluding hydrogens is 420 g/mol. The van der Waals surface area contributed by atoms with Gasteiger partial charge in [-0.25, -0.2) is 10.2 Å². The zero-order valence-corrected chi connectivity index (χ0v) is 18.0. The van der Waals surface area contributed by atoms with Crippen LogP contribution in [-0.2, 0) is 4.74 Å². The van der Waals surface area contributed by atoms with Crippen LogP contribution in [0.3, 0.4) is 0 Å². The quantitative estimate of drug-likeness (QED) is 0.232. The predicted molar refractivity (Wildman–Crippen MR) is 123 cm³/mol. The number of esters is 1. The molecular formula is C25H20N4O4. The number of anilines is 1. The number of carbonyl (C=O) groups is 1. The number of rotatable bonds is 7. The second-order valence-corrected chi connectivity index (χ2v) is 7.04. The molecule has 0 aliphatic heterocycles. The average Bonchev–Trinajstić information content (AvgIpc) is 3.47. The minimum Gasteiger partial charge on any atom is -0.462 e. The van der Waals surface area contributed by atoms with Crippen molar-refractivity contribution in [1.82, 2.24) is 4.98 Å². The van der Waals surface area contributed by atoms with Gasteiger partial charge in [0, 0.05) is 11.1 Å². The molecule has 33 heavy (non-hydrogen) atoms. The van der Waals surface area contributed by atoms with Crippen molar-refractivity contribution in [3.63, 3.8) is 0 Å². The van der Waals surface area contributed by atoms with Gasteiger partial charge in [-0.15, -0.1) is 0 Å². The lowest BCUT2D eigenvalue weighted by Gasteiger charge is -2.02. The Morgan fingerprint density at radius 1 is 1.09 bits per heavy atom. The second kappa shape index (κ2) is 9.66. The summed E-state index contributed by atoms with van der Waals surface area (Å²) in [5.74, 6) is 1.22. The summed E-state index contributed by atoms with van der Waals surface area (Å²) >= 11 is 0. The van der Waals surface area contributed by atoms with Gasteiger partial charge in [0.05, 0.1) is 18.4 Å². The summed E-state index contributed by atoms with van der Waals surface area (Å²) < 4.78 is 16.4. The van der Waals surface area contributed by atoms with E-state index in [1.807, 2.05) is 37.3 Å². The van der Waals surface area contributed by atoms with Crippen molar-refractivity contribution in [1.29, 1.82) is 5.26 Å². The number of hydrogen-bond donors (Lipinski definition) is 1. The average molecular weight is 440 g/mol. The number of nitrogens with zero attached hydrogens (tertiary/aromatic N) is 3. The van der Waals surface area contributed by atoms with Crippen molar-refractivity contribution in [2.24, 2.45) is 5.10 Å². The summed E-state index contributed by atoms with van der Waals surface area (Å²) in [5.41, 5.74) is 5.96. The number of ether oxygens (including phenoxy) is 1. The number of oxazole rings is 1. The van der Waals surface area contributed by atoms with E-state index >= 15 is 0 Å². The van der Waals surface area contributed by atoms with Gasteiger partial charge in [-0.3, -0.25) is 0 Å². The molecule has 2 aromatic carbocycles. The fraction of sp³-hybridized carbons (Fsp3) is 0.120. The third-order valence-electron chi connectivity index (χ3n) is 4.70. The van der Waals surface area contributed by atoms with Gasteiger partial charge in [0.15, 0.2) is 0 Å². The number of hydrazone groups is 1. The van der Waals surface area contributed by atoms with Gasteiger partial charge >= 0.3 is 5.97 Å². The largest absolute Gasteiger partial charge is 0.462 e. The fourth-order valence-electron chi connectivity index (χ4n) is 3.01. The van der Waals surface area contributed by atoms with E-state index in [1.54, 1.807) is 43.3 Å². The maximum absolute atomic E-state index is 11.8. The third-order valence-corrected chi connectivity index (χ3v) is 4.70. The highest BCUT2D eigenvalue weighted by molar-refractivity contribution is 5.90. The molecule has 0 aliphatic rings. The van der Waals surface area contributed by atoms with Crippen LogP contribution in [-0.4, -0.2) is 23.8 Å². The van der Waals surface area contributed by atoms with Crippen LogP contribution in [0.25, 0.3) is 22.8 Å². The zero-order valence-electron chi connectivity index (χ0n) is 18.0. The third kappa shape index (κ3) is 4.99. The van der Waals surface area contributed by atoms with Crippen molar-refractivity contribution in [2.45, 2.75) is 13.8 Å². The van der Waals surface area contributed by atoms with Crippen LogP contribution in [0.2, 0.25) is 0 Å². The second-order valence-electron chi connectivity index (χ2n) is 7.04. The molecule has 2 heterocycles. The molecule has 8 heteroatoms. The molecule has 4 rings (SSSR count). The zero-order chi connectivity index (χ0) is 23.2. The minimum absolute atomic E-state index is 0.101. The lowest BCUT2D eigenvalue weighted by Crippen LogP contribution is -2.03. The van der Waals surface area contributed by atoms with Crippen molar-refractivity contribution in [3.05, 3.63) is 83.2 Å². The van der Waals surface area contributed by atoms with Gasteiger partial charge in [0.2, 0.25) is 11.6 Å². The van der Waals surface area contributed by atoms with Crippen LogP contribution >= 0.6 is 0 Å². The van der Waals surface area contributed by atoms with Crippen LogP contribution in [0.1, 0.15) is 34.3 Å². The van der Waals surface area contributed by atoms with Gasteiger partial charge < -0.3 is 13.6 Å². The molecule has 0 bridgehead atoms. The highest BCUT2D eigenvalue weighted by atomic mass is 16.5. The van der Waals surface area contributed by atoms with Crippen LogP contribution < -0.4 is 5.43 Å². The van der Waals surface area contributed by atoms with Gasteiger partial charge in [0.25, 0.3) is 5.88 Å². The summed E-state index contributed by atoms with van der Waals surface area (Å²) in [5, 5.41) is 13.4. The molecule has 0 aliphatic carbocycles. The fourth-order valence-corrected chi connectivity index (χ4v) is 3.01. The first-order valence-electron chi connectivity index (χ1n) is 10.2. The standard InChI is InChI=1S/C25H20N4O4/c1-3-31-25(30)19-10-8-17(9-11-19)22-13-12-20(32-22)15-27-29-24-21(14-26)28-23(33-24)18-6-4-16(2)5-7-18/h4-13,15,29H,3H2,1-2H3/b27-15+. The van der Waals surface area contributed by atoms with E-state index in [4.69, 9.17) is 13.6 Å². The van der Waals surface area contributed by atoms with Gasteiger partial charge in [-0.05, 0) is 50.2 Å². The first kappa shape index (κ1) is 21.6. The highest BCUT2D eigenvalue weighted by Gasteiger charge is 2.14. The molecule has 0 radical (unpaired) electrons. The molecule has 0 unspecified atom stereocenters. The highest BCUT2D eigenvalue weighted by Crippen LogP contribution is 2.26. The van der Waals surface area contributed by atoms with E-state index in [-0.39, 0.29) is 17.5 Å².